The van der Waals surface area contributed by atoms with Crippen molar-refractivity contribution in [3.05, 3.63) is 91.2 Å². The zero-order valence-corrected chi connectivity index (χ0v) is 17.9. The highest BCUT2D eigenvalue weighted by Crippen LogP contribution is 2.24. The Morgan fingerprint density at radius 1 is 1.09 bits per heavy atom. The molecular formula is C26H26N4O2. The molecule has 0 radical (unpaired) electrons. The molecule has 1 aliphatic heterocycles. The second-order valence-electron chi connectivity index (χ2n) is 8.20. The first-order valence-corrected chi connectivity index (χ1v) is 11.0. The molecule has 6 heteroatoms. The lowest BCUT2D eigenvalue weighted by Crippen LogP contribution is -2.40. The van der Waals surface area contributed by atoms with Gasteiger partial charge < -0.3 is 14.3 Å². The van der Waals surface area contributed by atoms with E-state index >= 15 is 0 Å². The second kappa shape index (κ2) is 9.24. The van der Waals surface area contributed by atoms with E-state index in [-0.39, 0.29) is 11.8 Å². The molecule has 1 aromatic carbocycles. The summed E-state index contributed by atoms with van der Waals surface area (Å²) in [4.78, 5) is 19.5. The van der Waals surface area contributed by atoms with Crippen LogP contribution in [0.4, 0.5) is 5.69 Å². The third kappa shape index (κ3) is 4.50. The zero-order chi connectivity index (χ0) is 21.8. The van der Waals surface area contributed by atoms with Gasteiger partial charge in [0.05, 0.1) is 24.1 Å². The summed E-state index contributed by atoms with van der Waals surface area (Å²) in [7, 11) is 0. The summed E-state index contributed by atoms with van der Waals surface area (Å²) >= 11 is 0. The molecule has 0 unspecified atom stereocenters. The number of aromatic nitrogens is 2. The molecule has 6 nitrogen and oxygen atoms in total. The van der Waals surface area contributed by atoms with Crippen LogP contribution in [-0.2, 0) is 11.3 Å². The summed E-state index contributed by atoms with van der Waals surface area (Å²) in [5.74, 6) is 0.889. The number of nitrogens with zero attached hydrogens (tertiary/aromatic N) is 3. The minimum Gasteiger partial charge on any atom is -0.464 e. The first kappa shape index (κ1) is 20.3. The number of rotatable bonds is 6. The van der Waals surface area contributed by atoms with Gasteiger partial charge in [-0.25, -0.2) is 0 Å². The lowest BCUT2D eigenvalue weighted by atomic mass is 9.97. The van der Waals surface area contributed by atoms with Gasteiger partial charge in [0.2, 0.25) is 5.91 Å². The van der Waals surface area contributed by atoms with E-state index in [4.69, 9.17) is 4.42 Å². The van der Waals surface area contributed by atoms with Crippen molar-refractivity contribution < 1.29 is 9.21 Å². The molecular weight excluding hydrogens is 400 g/mol. The molecule has 0 spiro atoms. The number of nitrogens with one attached hydrogen (secondary N) is 1. The molecule has 1 aliphatic rings. The molecule has 4 aromatic rings. The molecule has 3 aromatic heterocycles. The number of likely N-dealkylation sites (tertiary alicyclic amines) is 1. The van der Waals surface area contributed by atoms with Crippen molar-refractivity contribution in [2.24, 2.45) is 5.92 Å². The summed E-state index contributed by atoms with van der Waals surface area (Å²) in [6, 6.07) is 19.8. The normalized spacial score (nSPS) is 16.7. The van der Waals surface area contributed by atoms with Gasteiger partial charge in [0.25, 0.3) is 0 Å². The second-order valence-corrected chi connectivity index (χ2v) is 8.20. The van der Waals surface area contributed by atoms with Crippen LogP contribution >= 0.6 is 0 Å². The number of piperidine rings is 1. The van der Waals surface area contributed by atoms with Gasteiger partial charge in [0.1, 0.15) is 5.76 Å². The monoisotopic (exact) mass is 426 g/mol. The average molecular weight is 427 g/mol. The average Bonchev–Trinajstić information content (AvgIpc) is 3.53. The lowest BCUT2D eigenvalue weighted by molar-refractivity contribution is -0.121. The first-order chi connectivity index (χ1) is 15.8. The molecule has 0 saturated carbocycles. The summed E-state index contributed by atoms with van der Waals surface area (Å²) in [5, 5.41) is 3.09. The molecule has 0 aliphatic carbocycles. The van der Waals surface area contributed by atoms with Gasteiger partial charge in [0.15, 0.2) is 0 Å². The summed E-state index contributed by atoms with van der Waals surface area (Å²) in [5.41, 5.74) is 4.06. The Hall–Kier alpha value is -3.64. The van der Waals surface area contributed by atoms with Gasteiger partial charge in [-0.15, -0.1) is 0 Å². The van der Waals surface area contributed by atoms with E-state index in [9.17, 15) is 4.79 Å². The van der Waals surface area contributed by atoms with Crippen molar-refractivity contribution >= 4 is 11.6 Å². The highest BCUT2D eigenvalue weighted by molar-refractivity contribution is 5.93. The maximum atomic E-state index is 12.9. The molecule has 4 heterocycles. The number of carbonyl (C=O) groups excluding carboxylic acids is 1. The number of furan rings is 1. The van der Waals surface area contributed by atoms with Gasteiger partial charge in [-0.2, -0.15) is 0 Å². The van der Waals surface area contributed by atoms with Crippen LogP contribution in [0.3, 0.4) is 0 Å². The summed E-state index contributed by atoms with van der Waals surface area (Å²) in [6.45, 7) is 2.57. The van der Waals surface area contributed by atoms with E-state index in [2.05, 4.69) is 44.2 Å². The van der Waals surface area contributed by atoms with Crippen molar-refractivity contribution in [2.75, 3.05) is 18.4 Å². The standard InChI is InChI=1S/C26H26N4O2/c31-26(28-22-11-9-20(10-12-22)25-8-4-16-32-25)21-5-2-14-29(18-21)19-24-7-3-15-30(24)23-6-1-13-27-17-23/h1,3-4,6-13,15-17,21H,2,5,14,18-19H2,(H,28,31)/t21-/m0/s1. The Morgan fingerprint density at radius 3 is 2.78 bits per heavy atom. The fourth-order valence-corrected chi connectivity index (χ4v) is 4.34. The van der Waals surface area contributed by atoms with Crippen molar-refractivity contribution in [3.63, 3.8) is 0 Å². The molecule has 5 rings (SSSR count). The zero-order valence-electron chi connectivity index (χ0n) is 17.9. The van der Waals surface area contributed by atoms with Crippen LogP contribution in [0.15, 0.2) is 89.9 Å². The van der Waals surface area contributed by atoms with E-state index in [0.29, 0.717) is 0 Å². The highest BCUT2D eigenvalue weighted by Gasteiger charge is 2.26. The quantitative estimate of drug-likeness (QED) is 0.472. The van der Waals surface area contributed by atoms with Crippen molar-refractivity contribution in [2.45, 2.75) is 19.4 Å². The Balaban J connectivity index is 1.21. The smallest absolute Gasteiger partial charge is 0.228 e. The van der Waals surface area contributed by atoms with Crippen LogP contribution in [0.25, 0.3) is 17.0 Å². The minimum atomic E-state index is -0.0182. The van der Waals surface area contributed by atoms with Crippen molar-refractivity contribution in [1.29, 1.82) is 0 Å². The number of amides is 1. The maximum Gasteiger partial charge on any atom is 0.228 e. The third-order valence-electron chi connectivity index (χ3n) is 5.98. The van der Waals surface area contributed by atoms with Crippen LogP contribution in [-0.4, -0.2) is 33.4 Å². The van der Waals surface area contributed by atoms with Crippen LogP contribution in [0, 0.1) is 5.92 Å². The third-order valence-corrected chi connectivity index (χ3v) is 5.98. The van der Waals surface area contributed by atoms with Crippen LogP contribution < -0.4 is 5.32 Å². The van der Waals surface area contributed by atoms with Crippen LogP contribution in [0.2, 0.25) is 0 Å². The molecule has 1 amide bonds. The largest absolute Gasteiger partial charge is 0.464 e. The molecule has 162 valence electrons. The molecule has 1 atom stereocenters. The SMILES string of the molecule is O=C(Nc1ccc(-c2ccco2)cc1)[C@H]1CCCN(Cc2cccn2-c2cccnc2)C1. The van der Waals surface area contributed by atoms with Gasteiger partial charge in [-0.05, 0) is 80.1 Å². The Labute approximate surface area is 187 Å². The van der Waals surface area contributed by atoms with Crippen LogP contribution in [0.1, 0.15) is 18.5 Å². The molecule has 1 fully saturated rings. The molecule has 1 saturated heterocycles. The number of hydrogen-bond acceptors (Lipinski definition) is 4. The lowest BCUT2D eigenvalue weighted by Gasteiger charge is -2.32. The predicted octanol–water partition coefficient (Wildman–Crippen LogP) is 4.98. The summed E-state index contributed by atoms with van der Waals surface area (Å²) in [6.07, 6.45) is 9.30. The van der Waals surface area contributed by atoms with E-state index in [1.807, 2.05) is 48.7 Å². The van der Waals surface area contributed by atoms with Crippen molar-refractivity contribution in [3.8, 4) is 17.0 Å². The van der Waals surface area contributed by atoms with Gasteiger partial charge in [-0.1, -0.05) is 0 Å². The fourth-order valence-electron chi connectivity index (χ4n) is 4.34. The van der Waals surface area contributed by atoms with Gasteiger partial charge >= 0.3 is 0 Å². The fraction of sp³-hybridized carbons (Fsp3) is 0.231. The Morgan fingerprint density at radius 2 is 2.00 bits per heavy atom. The summed E-state index contributed by atoms with van der Waals surface area (Å²) < 4.78 is 7.59. The van der Waals surface area contributed by atoms with E-state index in [1.165, 1.54) is 5.69 Å². The molecule has 0 bridgehead atoms. The number of anilines is 1. The van der Waals surface area contributed by atoms with Gasteiger partial charge in [-0.3, -0.25) is 14.7 Å². The first-order valence-electron chi connectivity index (χ1n) is 11.0. The van der Waals surface area contributed by atoms with E-state index < -0.39 is 0 Å². The van der Waals surface area contributed by atoms with E-state index in [1.54, 1.807) is 12.5 Å². The Bertz CT molecular complexity index is 1150. The number of carbonyl (C=O) groups is 1. The molecule has 32 heavy (non-hydrogen) atoms. The number of pyridine rings is 1. The minimum absolute atomic E-state index is 0.0182. The van der Waals surface area contributed by atoms with E-state index in [0.717, 1.165) is 55.2 Å². The topological polar surface area (TPSA) is 63.3 Å². The maximum absolute atomic E-state index is 12.9. The predicted molar refractivity (Wildman–Crippen MR) is 124 cm³/mol. The Kier molecular flexibility index (Phi) is 5.85. The number of hydrogen-bond donors (Lipinski definition) is 1. The van der Waals surface area contributed by atoms with Crippen LogP contribution in [0.5, 0.6) is 0 Å². The number of benzene rings is 1. The van der Waals surface area contributed by atoms with Crippen molar-refractivity contribution in [1.82, 2.24) is 14.5 Å². The molecule has 1 N–H and O–H groups in total. The van der Waals surface area contributed by atoms with Gasteiger partial charge in [0, 0.05) is 42.4 Å². The highest BCUT2D eigenvalue weighted by atomic mass is 16.3.